The van der Waals surface area contributed by atoms with Crippen LogP contribution in [0, 0.1) is 0 Å². The summed E-state index contributed by atoms with van der Waals surface area (Å²) in [5.74, 6) is 0. The van der Waals surface area contributed by atoms with Crippen LogP contribution in [0.5, 0.6) is 0 Å². The van der Waals surface area contributed by atoms with E-state index < -0.39 is 0 Å². The molecule has 0 aromatic carbocycles. The molecule has 0 heterocycles. The van der Waals surface area contributed by atoms with Crippen molar-refractivity contribution in [3.63, 3.8) is 0 Å². The maximum atomic E-state index is 8.81. The molecule has 0 aromatic rings. The second kappa shape index (κ2) is 8.82. The number of nitrogens with zero attached hydrogens (tertiary/aromatic N) is 1. The van der Waals surface area contributed by atoms with Crippen molar-refractivity contribution in [3.05, 3.63) is 0 Å². The van der Waals surface area contributed by atoms with Crippen molar-refractivity contribution in [1.82, 2.24) is 0 Å². The first-order chi connectivity index (χ1) is 1.91. The van der Waals surface area contributed by atoms with E-state index in [0.717, 1.165) is 0 Å². The van der Waals surface area contributed by atoms with E-state index in [1.54, 1.807) is 0 Å². The Hall–Kier alpha value is 0.626. The average molecular weight is 286 g/mol. The topological polar surface area (TPSA) is 29.4 Å². The average Bonchev–Trinajstić information content (AvgIpc) is 1.37. The van der Waals surface area contributed by atoms with E-state index in [0.29, 0.717) is 0 Å². The van der Waals surface area contributed by atoms with E-state index in [9.17, 15) is 0 Å². The quantitative estimate of drug-likeness (QED) is 0.354. The summed E-state index contributed by atoms with van der Waals surface area (Å²) in [4.78, 5) is 8.81. The van der Waals surface area contributed by atoms with Crippen molar-refractivity contribution in [3.8, 4) is 0 Å². The number of thiol groups is 1. The number of carbonyl (C=O) groups excluding carboxylic acids is 1. The number of rotatable bonds is 0. The molecule has 0 atom stereocenters. The predicted octanol–water partition coefficient (Wildman–Crippen LogP) is -0.749. The van der Waals surface area contributed by atoms with Gasteiger partial charge in [0.05, 0.1) is 0 Å². The molecule has 0 amide bonds. The molecule has 2 nitrogen and oxygen atoms in total. The van der Waals surface area contributed by atoms with Gasteiger partial charge in [-0.15, -0.1) is 4.40 Å². The summed E-state index contributed by atoms with van der Waals surface area (Å²) >= 11 is 3.12. The van der Waals surface area contributed by atoms with Gasteiger partial charge in [-0.1, -0.05) is 0 Å². The molecule has 0 bridgehead atoms. The van der Waals surface area contributed by atoms with Crippen LogP contribution < -0.4 is 0 Å². The molecule has 0 fully saturated rings. The van der Waals surface area contributed by atoms with E-state index in [4.69, 9.17) is 4.79 Å². The predicted molar refractivity (Wildman–Crippen MR) is 25.7 cm³/mol. The van der Waals surface area contributed by atoms with Crippen LogP contribution in [0.2, 0.25) is 0 Å². The zero-order chi connectivity index (χ0) is 3.41. The summed E-state index contributed by atoms with van der Waals surface area (Å²) in [7, 11) is 0. The van der Waals surface area contributed by atoms with E-state index in [-0.39, 0.29) is 26.6 Å². The fourth-order valence-corrected chi connectivity index (χ4v) is 0. The molecule has 0 unspecified atom stereocenters. The maximum absolute atomic E-state index is 8.81. The van der Waals surface area contributed by atoms with Crippen molar-refractivity contribution >= 4 is 45.5 Å². The van der Waals surface area contributed by atoms with E-state index in [1.807, 2.05) is 0 Å². The molecule has 0 saturated carbocycles. The van der Waals surface area contributed by atoms with Crippen LogP contribution in [0.25, 0.3) is 0 Å². The number of isocyanates is 1. The summed E-state index contributed by atoms with van der Waals surface area (Å²) in [6.45, 7) is 0. The van der Waals surface area contributed by atoms with Crippen LogP contribution in [-0.2, 0) is 4.79 Å². The minimum atomic E-state index is 0. The molecule has 30 valence electrons. The Kier molecular flexibility index (Phi) is 16.2. The Morgan fingerprint density at radius 3 is 2.00 bits per heavy atom. The molecular formula is CH3NOPoS. The van der Waals surface area contributed by atoms with Gasteiger partial charge in [-0.2, -0.15) is 0 Å². The van der Waals surface area contributed by atoms with Crippen LogP contribution in [0.4, 0.5) is 0 Å². The van der Waals surface area contributed by atoms with E-state index in [2.05, 4.69) is 17.2 Å². The molecule has 0 aliphatic rings. The summed E-state index contributed by atoms with van der Waals surface area (Å²) in [6, 6.07) is 0. The van der Waals surface area contributed by atoms with Crippen LogP contribution in [0.3, 0.4) is 0 Å². The molecular weight excluding hydrogens is 283 g/mol. The first kappa shape index (κ1) is 9.16. The van der Waals surface area contributed by atoms with Crippen molar-refractivity contribution in [1.29, 1.82) is 0 Å². The van der Waals surface area contributed by atoms with Crippen molar-refractivity contribution in [2.24, 2.45) is 4.40 Å². The third kappa shape index (κ3) is 12.1. The van der Waals surface area contributed by atoms with E-state index in [1.165, 1.54) is 6.08 Å². The van der Waals surface area contributed by atoms with Gasteiger partial charge >= 0.3 is 26.6 Å². The van der Waals surface area contributed by atoms with E-state index >= 15 is 0 Å². The molecule has 4 heteroatoms. The molecule has 5 heavy (non-hydrogen) atoms. The van der Waals surface area contributed by atoms with Crippen molar-refractivity contribution in [2.75, 3.05) is 0 Å². The Morgan fingerprint density at radius 2 is 2.00 bits per heavy atom. The minimum absolute atomic E-state index is 0. The van der Waals surface area contributed by atoms with Gasteiger partial charge in [0.1, 0.15) is 0 Å². The Bertz CT molecular complexity index is 49.6. The molecule has 0 aromatic heterocycles. The van der Waals surface area contributed by atoms with Gasteiger partial charge in [-0.25, -0.2) is 4.79 Å². The summed E-state index contributed by atoms with van der Waals surface area (Å²) in [6.07, 6.45) is 1.17. The normalized spacial score (nSPS) is 3.40. The molecule has 0 aliphatic heterocycles. The van der Waals surface area contributed by atoms with Crippen LogP contribution in [-0.4, -0.2) is 32.6 Å². The van der Waals surface area contributed by atoms with Gasteiger partial charge in [0.15, 0.2) is 0 Å². The summed E-state index contributed by atoms with van der Waals surface area (Å²) in [5.41, 5.74) is 0. The first-order valence-corrected chi connectivity index (χ1v) is 1.03. The molecule has 0 N–H and O–H groups in total. The van der Waals surface area contributed by atoms with Gasteiger partial charge in [0, 0.05) is 0 Å². The third-order valence-corrected chi connectivity index (χ3v) is 0.122. The SMILES string of the molecule is O=C=NS.[PoH2]. The Balaban J connectivity index is 0. The van der Waals surface area contributed by atoms with Gasteiger partial charge in [0.2, 0.25) is 6.08 Å². The molecule has 0 rings (SSSR count). The molecule has 0 radical (unpaired) electrons. The zero-order valence-electron chi connectivity index (χ0n) is 2.30. The fourth-order valence-electron chi connectivity index (χ4n) is 0. The van der Waals surface area contributed by atoms with Crippen molar-refractivity contribution in [2.45, 2.75) is 0 Å². The van der Waals surface area contributed by atoms with Gasteiger partial charge in [-0.05, 0) is 12.8 Å². The van der Waals surface area contributed by atoms with Gasteiger partial charge < -0.3 is 0 Å². The van der Waals surface area contributed by atoms with Crippen LogP contribution in [0.15, 0.2) is 4.40 Å². The second-order valence-electron chi connectivity index (χ2n) is 0.191. The fraction of sp³-hybridized carbons (Fsp3) is 0. The number of hydrogen-bond donors (Lipinski definition) is 1. The zero-order valence-corrected chi connectivity index (χ0v) is 7.08. The van der Waals surface area contributed by atoms with Crippen molar-refractivity contribution < 1.29 is 4.79 Å². The molecule has 0 saturated heterocycles. The Morgan fingerprint density at radius 1 is 1.80 bits per heavy atom. The van der Waals surface area contributed by atoms with Crippen LogP contribution in [0.1, 0.15) is 0 Å². The second-order valence-corrected chi connectivity index (χ2v) is 0.391. The summed E-state index contributed by atoms with van der Waals surface area (Å²) in [5, 5.41) is 0. The molecule has 0 aliphatic carbocycles. The first-order valence-electron chi connectivity index (χ1n) is 0.628. The number of hydrogen-bond acceptors (Lipinski definition) is 3. The summed E-state index contributed by atoms with van der Waals surface area (Å²) < 4.78 is 2.62. The molecule has 0 spiro atoms. The monoisotopic (exact) mass is 286 g/mol. The standard InChI is InChI=1S/CHNOS.Po.2H/c3-1-2-4;;;/h4H;;;. The van der Waals surface area contributed by atoms with Gasteiger partial charge in [-0.3, -0.25) is 0 Å². The van der Waals surface area contributed by atoms with Gasteiger partial charge in [0.25, 0.3) is 0 Å². The Labute approximate surface area is 54.7 Å². The van der Waals surface area contributed by atoms with Crippen LogP contribution >= 0.6 is 12.8 Å². The third-order valence-electron chi connectivity index (χ3n) is 0.0408.